The van der Waals surface area contributed by atoms with Crippen molar-refractivity contribution >= 4 is 10.9 Å². The first-order chi connectivity index (χ1) is 6.70. The lowest BCUT2D eigenvalue weighted by Gasteiger charge is -2.00. The Balaban J connectivity index is 2.56. The largest absolute Gasteiger partial charge is 0.357 e. The van der Waals surface area contributed by atoms with Gasteiger partial charge in [0.15, 0.2) is 0 Å². The Kier molecular flexibility index (Phi) is 2.14. The van der Waals surface area contributed by atoms with E-state index >= 15 is 0 Å². The molecular weight excluding hydrogens is 172 g/mol. The first-order valence-electron chi connectivity index (χ1n) is 4.68. The molecule has 1 aromatic heterocycles. The Morgan fingerprint density at radius 3 is 2.93 bits per heavy atom. The zero-order chi connectivity index (χ0) is 10.1. The normalized spacial score (nSPS) is 13.0. The van der Waals surface area contributed by atoms with E-state index in [1.54, 1.807) is 6.08 Å². The minimum Gasteiger partial charge on any atom is -0.357 e. The van der Waals surface area contributed by atoms with Gasteiger partial charge in [0.1, 0.15) is 0 Å². The van der Waals surface area contributed by atoms with Gasteiger partial charge in [-0.3, -0.25) is 0 Å². The lowest BCUT2D eigenvalue weighted by Crippen LogP contribution is -2.06. The van der Waals surface area contributed by atoms with Crippen LogP contribution in [0.5, 0.6) is 0 Å². The summed E-state index contributed by atoms with van der Waals surface area (Å²) in [6, 6.07) is 8.27. The van der Waals surface area contributed by atoms with Gasteiger partial charge in [-0.2, -0.15) is 0 Å². The van der Waals surface area contributed by atoms with Gasteiger partial charge in [-0.15, -0.1) is 6.58 Å². The van der Waals surface area contributed by atoms with Crippen LogP contribution in [-0.4, -0.2) is 4.98 Å². The molecule has 0 saturated heterocycles. The molecular formula is C12H14N2. The highest BCUT2D eigenvalue weighted by atomic mass is 14.8. The van der Waals surface area contributed by atoms with Gasteiger partial charge in [0.25, 0.3) is 0 Å². The molecule has 14 heavy (non-hydrogen) atoms. The van der Waals surface area contributed by atoms with Gasteiger partial charge in [-0.05, 0) is 30.5 Å². The lowest BCUT2D eigenvalue weighted by atomic mass is 10.1. The molecule has 0 saturated carbocycles. The van der Waals surface area contributed by atoms with Crippen molar-refractivity contribution in [1.29, 1.82) is 0 Å². The smallest absolute Gasteiger partial charge is 0.0631 e. The zero-order valence-electron chi connectivity index (χ0n) is 8.25. The Bertz CT molecular complexity index is 468. The summed E-state index contributed by atoms with van der Waals surface area (Å²) in [6.07, 6.45) is 1.73. The fraction of sp³-hybridized carbons (Fsp3) is 0.167. The van der Waals surface area contributed by atoms with Crippen LogP contribution in [0.15, 0.2) is 36.9 Å². The number of nitrogens with one attached hydrogen (secondary N) is 1. The summed E-state index contributed by atoms with van der Waals surface area (Å²) in [6.45, 7) is 5.76. The summed E-state index contributed by atoms with van der Waals surface area (Å²) in [5.74, 6) is 0. The predicted octanol–water partition coefficient (Wildman–Crippen LogP) is 2.66. The average Bonchev–Trinajstić information content (AvgIpc) is 2.59. The molecule has 2 rings (SSSR count). The van der Waals surface area contributed by atoms with Crippen LogP contribution >= 0.6 is 0 Å². The van der Waals surface area contributed by atoms with E-state index in [-0.39, 0.29) is 6.04 Å². The molecule has 0 radical (unpaired) electrons. The molecule has 1 heterocycles. The summed E-state index contributed by atoms with van der Waals surface area (Å²) < 4.78 is 0. The van der Waals surface area contributed by atoms with Crippen molar-refractivity contribution in [3.8, 4) is 0 Å². The Morgan fingerprint density at radius 2 is 2.21 bits per heavy atom. The summed E-state index contributed by atoms with van der Waals surface area (Å²) >= 11 is 0. The summed E-state index contributed by atoms with van der Waals surface area (Å²) in [7, 11) is 0. The second kappa shape index (κ2) is 3.31. The zero-order valence-corrected chi connectivity index (χ0v) is 8.25. The number of nitrogens with two attached hydrogens (primary N) is 1. The first-order valence-corrected chi connectivity index (χ1v) is 4.68. The molecule has 1 aromatic carbocycles. The third kappa shape index (κ3) is 1.44. The molecule has 0 fully saturated rings. The van der Waals surface area contributed by atoms with Crippen LogP contribution in [0.2, 0.25) is 0 Å². The Labute approximate surface area is 83.4 Å². The second-order valence-electron chi connectivity index (χ2n) is 3.58. The number of aromatic nitrogens is 1. The number of aromatic amines is 1. The van der Waals surface area contributed by atoms with Gasteiger partial charge in [-0.1, -0.05) is 17.7 Å². The monoisotopic (exact) mass is 186 g/mol. The number of H-pyrrole nitrogens is 1. The lowest BCUT2D eigenvalue weighted by molar-refractivity contribution is 0.880. The van der Waals surface area contributed by atoms with E-state index in [0.29, 0.717) is 0 Å². The highest BCUT2D eigenvalue weighted by molar-refractivity contribution is 5.81. The highest BCUT2D eigenvalue weighted by Gasteiger charge is 2.05. The number of hydrogen-bond donors (Lipinski definition) is 2. The average molecular weight is 186 g/mol. The molecule has 2 aromatic rings. The molecule has 2 heteroatoms. The minimum atomic E-state index is -0.109. The quantitative estimate of drug-likeness (QED) is 0.695. The molecule has 3 N–H and O–H groups in total. The van der Waals surface area contributed by atoms with Crippen molar-refractivity contribution in [2.75, 3.05) is 0 Å². The molecule has 0 amide bonds. The van der Waals surface area contributed by atoms with Gasteiger partial charge in [0, 0.05) is 11.2 Å². The van der Waals surface area contributed by atoms with Crippen LogP contribution < -0.4 is 5.73 Å². The van der Waals surface area contributed by atoms with E-state index in [2.05, 4.69) is 42.8 Å². The third-order valence-electron chi connectivity index (χ3n) is 2.41. The molecule has 0 aliphatic rings. The number of hydrogen-bond acceptors (Lipinski definition) is 1. The van der Waals surface area contributed by atoms with Crippen LogP contribution in [-0.2, 0) is 0 Å². The van der Waals surface area contributed by atoms with Crippen molar-refractivity contribution in [3.63, 3.8) is 0 Å². The van der Waals surface area contributed by atoms with E-state index < -0.39 is 0 Å². The van der Waals surface area contributed by atoms with Gasteiger partial charge < -0.3 is 10.7 Å². The second-order valence-corrected chi connectivity index (χ2v) is 3.58. The number of aryl methyl sites for hydroxylation is 1. The van der Waals surface area contributed by atoms with Gasteiger partial charge in [0.05, 0.1) is 6.04 Å². The van der Waals surface area contributed by atoms with Crippen molar-refractivity contribution in [2.24, 2.45) is 5.73 Å². The summed E-state index contributed by atoms with van der Waals surface area (Å²) in [4.78, 5) is 3.28. The first kappa shape index (κ1) is 9.03. The van der Waals surface area contributed by atoms with Crippen LogP contribution in [0.4, 0.5) is 0 Å². The van der Waals surface area contributed by atoms with Gasteiger partial charge >= 0.3 is 0 Å². The molecule has 0 aliphatic carbocycles. The van der Waals surface area contributed by atoms with Gasteiger partial charge in [-0.25, -0.2) is 0 Å². The Hall–Kier alpha value is -1.54. The molecule has 0 aliphatic heterocycles. The van der Waals surface area contributed by atoms with E-state index in [9.17, 15) is 0 Å². The molecule has 2 nitrogen and oxygen atoms in total. The summed E-state index contributed by atoms with van der Waals surface area (Å²) in [5.41, 5.74) is 9.25. The summed E-state index contributed by atoms with van der Waals surface area (Å²) in [5, 5.41) is 1.21. The number of rotatable bonds is 2. The maximum Gasteiger partial charge on any atom is 0.0631 e. The predicted molar refractivity (Wildman–Crippen MR) is 60.2 cm³/mol. The maximum absolute atomic E-state index is 5.85. The van der Waals surface area contributed by atoms with Crippen molar-refractivity contribution in [2.45, 2.75) is 13.0 Å². The standard InChI is InChI=1S/C12H14N2/c1-3-10(13)12-7-9-6-8(2)4-5-11(9)14-12/h3-7,10,14H,1,13H2,2H3/t10-/m0/s1. The molecule has 0 unspecified atom stereocenters. The van der Waals surface area contributed by atoms with E-state index in [0.717, 1.165) is 11.2 Å². The highest BCUT2D eigenvalue weighted by Crippen LogP contribution is 2.20. The van der Waals surface area contributed by atoms with Crippen molar-refractivity contribution in [3.05, 3.63) is 48.2 Å². The Morgan fingerprint density at radius 1 is 1.43 bits per heavy atom. The van der Waals surface area contributed by atoms with Gasteiger partial charge in [0.2, 0.25) is 0 Å². The van der Waals surface area contributed by atoms with Crippen LogP contribution in [0.1, 0.15) is 17.3 Å². The fourth-order valence-electron chi connectivity index (χ4n) is 1.58. The number of fused-ring (bicyclic) bond motifs is 1. The SMILES string of the molecule is C=C[C@H](N)c1cc2cc(C)ccc2[nH]1. The van der Waals surface area contributed by atoms with E-state index in [1.165, 1.54) is 10.9 Å². The van der Waals surface area contributed by atoms with E-state index in [4.69, 9.17) is 5.73 Å². The van der Waals surface area contributed by atoms with Crippen LogP contribution in [0.25, 0.3) is 10.9 Å². The fourth-order valence-corrected chi connectivity index (χ4v) is 1.58. The molecule has 0 bridgehead atoms. The maximum atomic E-state index is 5.85. The van der Waals surface area contributed by atoms with Crippen molar-refractivity contribution < 1.29 is 0 Å². The topological polar surface area (TPSA) is 41.8 Å². The molecule has 72 valence electrons. The number of benzene rings is 1. The molecule has 1 atom stereocenters. The third-order valence-corrected chi connectivity index (χ3v) is 2.41. The van der Waals surface area contributed by atoms with Crippen LogP contribution in [0.3, 0.4) is 0 Å². The van der Waals surface area contributed by atoms with E-state index in [1.807, 2.05) is 0 Å². The van der Waals surface area contributed by atoms with Crippen LogP contribution in [0, 0.1) is 6.92 Å². The van der Waals surface area contributed by atoms with Crippen molar-refractivity contribution in [1.82, 2.24) is 4.98 Å². The minimum absolute atomic E-state index is 0.109. The molecule has 0 spiro atoms.